The molecular formula is C17H25N3. The first kappa shape index (κ1) is 14.8. The van der Waals surface area contributed by atoms with Crippen LogP contribution in [0.2, 0.25) is 0 Å². The Morgan fingerprint density at radius 2 is 1.70 bits per heavy atom. The van der Waals surface area contributed by atoms with Crippen molar-refractivity contribution in [2.24, 2.45) is 0 Å². The molecule has 0 aliphatic rings. The average Bonchev–Trinajstić information content (AvgIpc) is 3.04. The van der Waals surface area contributed by atoms with Crippen LogP contribution in [0.15, 0.2) is 42.7 Å². The van der Waals surface area contributed by atoms with E-state index in [0.717, 1.165) is 12.2 Å². The Hall–Kier alpha value is -1.61. The fourth-order valence-corrected chi connectivity index (χ4v) is 2.60. The lowest BCUT2D eigenvalue weighted by Crippen LogP contribution is -2.43. The van der Waals surface area contributed by atoms with Crippen molar-refractivity contribution in [2.75, 3.05) is 0 Å². The van der Waals surface area contributed by atoms with Crippen LogP contribution in [0.25, 0.3) is 5.69 Å². The number of hydrogen-bond acceptors (Lipinski definition) is 2. The van der Waals surface area contributed by atoms with Crippen molar-refractivity contribution in [1.82, 2.24) is 15.1 Å². The zero-order valence-electron chi connectivity index (χ0n) is 12.8. The second kappa shape index (κ2) is 6.71. The Kier molecular flexibility index (Phi) is 4.96. The summed E-state index contributed by atoms with van der Waals surface area (Å²) in [6, 6.07) is 10.5. The van der Waals surface area contributed by atoms with Crippen LogP contribution in [-0.4, -0.2) is 15.3 Å². The number of benzene rings is 1. The van der Waals surface area contributed by atoms with E-state index in [0.29, 0.717) is 0 Å². The van der Waals surface area contributed by atoms with Crippen LogP contribution in [0, 0.1) is 0 Å². The molecule has 1 N–H and O–H groups in total. The molecule has 1 aromatic carbocycles. The summed E-state index contributed by atoms with van der Waals surface area (Å²) >= 11 is 0. The molecule has 0 saturated heterocycles. The molecule has 2 rings (SSSR count). The largest absolute Gasteiger partial charge is 0.307 e. The van der Waals surface area contributed by atoms with Gasteiger partial charge in [-0.3, -0.25) is 0 Å². The van der Waals surface area contributed by atoms with E-state index in [1.165, 1.54) is 24.8 Å². The molecule has 0 fully saturated rings. The Morgan fingerprint density at radius 3 is 2.20 bits per heavy atom. The lowest BCUT2D eigenvalue weighted by molar-refractivity contribution is 0.288. The van der Waals surface area contributed by atoms with Crippen LogP contribution in [0.1, 0.15) is 45.6 Å². The second-order valence-electron chi connectivity index (χ2n) is 5.31. The van der Waals surface area contributed by atoms with Crippen LogP contribution >= 0.6 is 0 Å². The van der Waals surface area contributed by atoms with E-state index in [1.807, 2.05) is 16.9 Å². The molecule has 0 aliphatic heterocycles. The van der Waals surface area contributed by atoms with Gasteiger partial charge < -0.3 is 5.32 Å². The summed E-state index contributed by atoms with van der Waals surface area (Å²) in [4.78, 5) is 0. The zero-order valence-corrected chi connectivity index (χ0v) is 12.8. The minimum absolute atomic E-state index is 0.278. The van der Waals surface area contributed by atoms with Gasteiger partial charge in [0.1, 0.15) is 0 Å². The van der Waals surface area contributed by atoms with E-state index in [1.54, 1.807) is 6.20 Å². The first-order valence-electron chi connectivity index (χ1n) is 7.57. The van der Waals surface area contributed by atoms with E-state index in [-0.39, 0.29) is 5.54 Å². The number of aromatic nitrogens is 2. The summed E-state index contributed by atoms with van der Waals surface area (Å²) in [6.07, 6.45) is 7.28. The summed E-state index contributed by atoms with van der Waals surface area (Å²) < 4.78 is 1.88. The Morgan fingerprint density at radius 1 is 1.05 bits per heavy atom. The molecule has 3 nitrogen and oxygen atoms in total. The van der Waals surface area contributed by atoms with Crippen molar-refractivity contribution in [2.45, 2.75) is 52.1 Å². The number of nitrogens with one attached hydrogen (secondary N) is 1. The molecule has 0 bridgehead atoms. The van der Waals surface area contributed by atoms with Crippen molar-refractivity contribution >= 4 is 0 Å². The average molecular weight is 271 g/mol. The van der Waals surface area contributed by atoms with Crippen LogP contribution < -0.4 is 5.32 Å². The molecule has 0 saturated carbocycles. The summed E-state index contributed by atoms with van der Waals surface area (Å²) in [6.45, 7) is 7.72. The van der Waals surface area contributed by atoms with Gasteiger partial charge in [-0.15, -0.1) is 0 Å². The Labute approximate surface area is 122 Å². The number of rotatable bonds is 7. The van der Waals surface area contributed by atoms with Gasteiger partial charge in [-0.25, -0.2) is 4.68 Å². The monoisotopic (exact) mass is 271 g/mol. The fraction of sp³-hybridized carbons (Fsp3) is 0.471. The zero-order chi connectivity index (χ0) is 14.4. The van der Waals surface area contributed by atoms with Gasteiger partial charge in [0.15, 0.2) is 0 Å². The molecule has 2 aromatic rings. The SMILES string of the molecule is CCC(CC)(CC)NCc1ccc(-n2cccn2)cc1. The maximum atomic E-state index is 4.24. The quantitative estimate of drug-likeness (QED) is 0.827. The van der Waals surface area contributed by atoms with Gasteiger partial charge >= 0.3 is 0 Å². The third-order valence-electron chi connectivity index (χ3n) is 4.40. The van der Waals surface area contributed by atoms with Crippen LogP contribution in [0.5, 0.6) is 0 Å². The molecule has 0 spiro atoms. The molecule has 108 valence electrons. The van der Waals surface area contributed by atoms with E-state index < -0.39 is 0 Å². The van der Waals surface area contributed by atoms with Crippen molar-refractivity contribution in [3.8, 4) is 5.69 Å². The smallest absolute Gasteiger partial charge is 0.0645 e. The second-order valence-corrected chi connectivity index (χ2v) is 5.31. The summed E-state index contributed by atoms with van der Waals surface area (Å²) in [5, 5.41) is 7.97. The van der Waals surface area contributed by atoms with Crippen molar-refractivity contribution in [1.29, 1.82) is 0 Å². The highest BCUT2D eigenvalue weighted by Gasteiger charge is 2.22. The van der Waals surface area contributed by atoms with E-state index in [4.69, 9.17) is 0 Å². The Bertz CT molecular complexity index is 487. The van der Waals surface area contributed by atoms with Crippen LogP contribution in [-0.2, 0) is 6.54 Å². The third-order valence-corrected chi connectivity index (χ3v) is 4.40. The predicted molar refractivity (Wildman–Crippen MR) is 84.0 cm³/mol. The van der Waals surface area contributed by atoms with Gasteiger partial charge in [0.05, 0.1) is 5.69 Å². The fourth-order valence-electron chi connectivity index (χ4n) is 2.60. The van der Waals surface area contributed by atoms with Crippen molar-refractivity contribution in [3.63, 3.8) is 0 Å². The first-order chi connectivity index (χ1) is 9.73. The molecule has 0 amide bonds. The topological polar surface area (TPSA) is 29.9 Å². The van der Waals surface area contributed by atoms with Gasteiger partial charge in [0.2, 0.25) is 0 Å². The van der Waals surface area contributed by atoms with Crippen molar-refractivity contribution < 1.29 is 0 Å². The maximum Gasteiger partial charge on any atom is 0.0645 e. The predicted octanol–water partition coefficient (Wildman–Crippen LogP) is 3.93. The van der Waals surface area contributed by atoms with E-state index >= 15 is 0 Å². The van der Waals surface area contributed by atoms with Crippen LogP contribution in [0.3, 0.4) is 0 Å². The summed E-state index contributed by atoms with van der Waals surface area (Å²) in [7, 11) is 0. The van der Waals surface area contributed by atoms with E-state index in [9.17, 15) is 0 Å². The Balaban J connectivity index is 2.01. The van der Waals surface area contributed by atoms with Gasteiger partial charge in [0.25, 0.3) is 0 Å². The molecule has 0 aliphatic carbocycles. The molecule has 3 heteroatoms. The molecular weight excluding hydrogens is 246 g/mol. The molecule has 20 heavy (non-hydrogen) atoms. The molecule has 0 unspecified atom stereocenters. The minimum Gasteiger partial charge on any atom is -0.307 e. The summed E-state index contributed by atoms with van der Waals surface area (Å²) in [5.41, 5.74) is 2.70. The van der Waals surface area contributed by atoms with Gasteiger partial charge in [0, 0.05) is 24.5 Å². The van der Waals surface area contributed by atoms with Crippen LogP contribution in [0.4, 0.5) is 0 Å². The van der Waals surface area contributed by atoms with Gasteiger partial charge in [-0.2, -0.15) is 5.10 Å². The number of nitrogens with zero attached hydrogens (tertiary/aromatic N) is 2. The third kappa shape index (κ3) is 3.28. The highest BCUT2D eigenvalue weighted by molar-refractivity contribution is 5.33. The molecule has 0 radical (unpaired) electrons. The standard InChI is InChI=1S/C17H25N3/c1-4-17(5-2,6-3)18-14-15-8-10-16(11-9-15)20-13-7-12-19-20/h7-13,18H,4-6,14H2,1-3H3. The summed E-state index contributed by atoms with van der Waals surface area (Å²) in [5.74, 6) is 0. The highest BCUT2D eigenvalue weighted by Crippen LogP contribution is 2.20. The minimum atomic E-state index is 0.278. The van der Waals surface area contributed by atoms with E-state index in [2.05, 4.69) is 55.5 Å². The molecule has 1 heterocycles. The maximum absolute atomic E-state index is 4.24. The lowest BCUT2D eigenvalue weighted by atomic mass is 9.89. The van der Waals surface area contributed by atoms with Gasteiger partial charge in [-0.1, -0.05) is 32.9 Å². The van der Waals surface area contributed by atoms with Gasteiger partial charge in [-0.05, 0) is 43.0 Å². The number of hydrogen-bond donors (Lipinski definition) is 1. The highest BCUT2D eigenvalue weighted by atomic mass is 15.3. The molecule has 0 atom stereocenters. The normalized spacial score (nSPS) is 11.8. The van der Waals surface area contributed by atoms with Crippen molar-refractivity contribution in [3.05, 3.63) is 48.3 Å². The lowest BCUT2D eigenvalue weighted by Gasteiger charge is -2.32. The molecule has 1 aromatic heterocycles. The first-order valence-corrected chi connectivity index (χ1v) is 7.57.